The average molecular weight is 206 g/mol. The van der Waals surface area contributed by atoms with Gasteiger partial charge in [0.15, 0.2) is 0 Å². The zero-order chi connectivity index (χ0) is 11.1. The summed E-state index contributed by atoms with van der Waals surface area (Å²) in [5.74, 6) is 0.809. The number of hydrogen-bond donors (Lipinski definition) is 2. The highest BCUT2D eigenvalue weighted by molar-refractivity contribution is 5.59. The number of nitrogens with two attached hydrogens (primary N) is 1. The molecule has 82 valence electrons. The average Bonchev–Trinajstić information content (AvgIpc) is 2.23. The first-order valence-electron chi connectivity index (χ1n) is 5.14. The number of nitrogens with one attached hydrogen (secondary N) is 1. The molecule has 3 N–H and O–H groups in total. The number of anilines is 2. The van der Waals surface area contributed by atoms with E-state index in [4.69, 9.17) is 10.5 Å². The second-order valence-electron chi connectivity index (χ2n) is 3.31. The zero-order valence-electron chi connectivity index (χ0n) is 9.12. The van der Waals surface area contributed by atoms with Crippen LogP contribution in [-0.4, -0.2) is 13.2 Å². The normalized spacial score (nSPS) is 9.67. The molecule has 1 aromatic rings. The van der Waals surface area contributed by atoms with Gasteiger partial charge in [0.05, 0.1) is 6.61 Å². The zero-order valence-corrected chi connectivity index (χ0v) is 9.12. The molecule has 0 aliphatic heterocycles. The summed E-state index contributed by atoms with van der Waals surface area (Å²) in [6.45, 7) is 7.15. The third-order valence-corrected chi connectivity index (χ3v) is 1.85. The van der Waals surface area contributed by atoms with Crippen LogP contribution < -0.4 is 15.8 Å². The first-order chi connectivity index (χ1) is 7.26. The fourth-order valence-electron chi connectivity index (χ4n) is 1.22. The largest absolute Gasteiger partial charge is 0.493 e. The van der Waals surface area contributed by atoms with Crippen molar-refractivity contribution in [2.24, 2.45) is 0 Å². The molecule has 0 spiro atoms. The van der Waals surface area contributed by atoms with Gasteiger partial charge in [-0.05, 0) is 12.5 Å². The second-order valence-corrected chi connectivity index (χ2v) is 3.31. The Kier molecular flexibility index (Phi) is 4.54. The van der Waals surface area contributed by atoms with E-state index >= 15 is 0 Å². The van der Waals surface area contributed by atoms with Gasteiger partial charge in [0.25, 0.3) is 0 Å². The molecule has 0 unspecified atom stereocenters. The summed E-state index contributed by atoms with van der Waals surface area (Å²) in [5, 5.41) is 3.17. The fourth-order valence-corrected chi connectivity index (χ4v) is 1.22. The summed E-state index contributed by atoms with van der Waals surface area (Å²) in [5.41, 5.74) is 7.42. The minimum absolute atomic E-state index is 0.704. The van der Waals surface area contributed by atoms with Crippen LogP contribution in [0.15, 0.2) is 30.9 Å². The molecule has 0 saturated carbocycles. The number of rotatable bonds is 6. The molecule has 0 radical (unpaired) electrons. The van der Waals surface area contributed by atoms with Crippen molar-refractivity contribution < 1.29 is 4.74 Å². The molecule has 0 aromatic heterocycles. The molecular weight excluding hydrogens is 188 g/mol. The van der Waals surface area contributed by atoms with Crippen LogP contribution in [0.1, 0.15) is 13.3 Å². The van der Waals surface area contributed by atoms with Crippen LogP contribution in [0.4, 0.5) is 11.4 Å². The van der Waals surface area contributed by atoms with E-state index in [1.54, 1.807) is 6.08 Å². The maximum Gasteiger partial charge on any atom is 0.123 e. The third-order valence-electron chi connectivity index (χ3n) is 1.85. The lowest BCUT2D eigenvalue weighted by Gasteiger charge is -2.09. The summed E-state index contributed by atoms with van der Waals surface area (Å²) in [6.07, 6.45) is 2.79. The van der Waals surface area contributed by atoms with Crippen molar-refractivity contribution in [3.63, 3.8) is 0 Å². The van der Waals surface area contributed by atoms with Gasteiger partial charge >= 0.3 is 0 Å². The summed E-state index contributed by atoms with van der Waals surface area (Å²) in [6, 6.07) is 5.65. The molecule has 0 fully saturated rings. The smallest absolute Gasteiger partial charge is 0.123 e. The molecule has 0 amide bonds. The summed E-state index contributed by atoms with van der Waals surface area (Å²) >= 11 is 0. The van der Waals surface area contributed by atoms with Crippen molar-refractivity contribution in [2.45, 2.75) is 13.3 Å². The van der Waals surface area contributed by atoms with E-state index in [2.05, 4.69) is 18.8 Å². The van der Waals surface area contributed by atoms with Crippen LogP contribution in [0.2, 0.25) is 0 Å². The van der Waals surface area contributed by atoms with Gasteiger partial charge in [0, 0.05) is 30.1 Å². The Balaban J connectivity index is 2.70. The standard InChI is InChI=1S/C12H18N2O/c1-3-5-14-11-7-10(13)8-12(9-11)15-6-4-2/h3,7-9,14H,1,4-6,13H2,2H3. The van der Waals surface area contributed by atoms with Gasteiger partial charge in [-0.25, -0.2) is 0 Å². The molecule has 0 aliphatic carbocycles. The van der Waals surface area contributed by atoms with Gasteiger partial charge in [-0.3, -0.25) is 0 Å². The number of ether oxygens (including phenoxy) is 1. The topological polar surface area (TPSA) is 47.3 Å². The highest BCUT2D eigenvalue weighted by Gasteiger charge is 1.98. The fraction of sp³-hybridized carbons (Fsp3) is 0.333. The van der Waals surface area contributed by atoms with Crippen LogP contribution in [0.3, 0.4) is 0 Å². The predicted molar refractivity (Wildman–Crippen MR) is 65.3 cm³/mol. The Labute approximate surface area is 90.9 Å². The van der Waals surface area contributed by atoms with Crippen molar-refractivity contribution in [3.8, 4) is 5.75 Å². The lowest BCUT2D eigenvalue weighted by atomic mass is 10.2. The van der Waals surface area contributed by atoms with Crippen molar-refractivity contribution in [2.75, 3.05) is 24.2 Å². The monoisotopic (exact) mass is 206 g/mol. The summed E-state index contributed by atoms with van der Waals surface area (Å²) < 4.78 is 5.51. The molecule has 0 bridgehead atoms. The van der Waals surface area contributed by atoms with Gasteiger partial charge < -0.3 is 15.8 Å². The van der Waals surface area contributed by atoms with Gasteiger partial charge in [-0.15, -0.1) is 6.58 Å². The Bertz CT molecular complexity index is 323. The van der Waals surface area contributed by atoms with Crippen LogP contribution in [0.5, 0.6) is 5.75 Å². The Morgan fingerprint density at radius 2 is 2.27 bits per heavy atom. The van der Waals surface area contributed by atoms with E-state index in [0.717, 1.165) is 24.4 Å². The maximum absolute atomic E-state index is 5.76. The quantitative estimate of drug-likeness (QED) is 0.555. The minimum Gasteiger partial charge on any atom is -0.493 e. The second kappa shape index (κ2) is 5.96. The van der Waals surface area contributed by atoms with Gasteiger partial charge in [-0.2, -0.15) is 0 Å². The number of nitrogen functional groups attached to an aromatic ring is 1. The van der Waals surface area contributed by atoms with Crippen molar-refractivity contribution in [1.82, 2.24) is 0 Å². The first-order valence-corrected chi connectivity index (χ1v) is 5.14. The van der Waals surface area contributed by atoms with E-state index in [1.807, 2.05) is 18.2 Å². The molecule has 0 aliphatic rings. The van der Waals surface area contributed by atoms with E-state index in [0.29, 0.717) is 12.3 Å². The van der Waals surface area contributed by atoms with E-state index < -0.39 is 0 Å². The molecule has 0 heterocycles. The highest BCUT2D eigenvalue weighted by Crippen LogP contribution is 2.22. The highest BCUT2D eigenvalue weighted by atomic mass is 16.5. The molecule has 3 nitrogen and oxygen atoms in total. The van der Waals surface area contributed by atoms with Crippen LogP contribution in [0.25, 0.3) is 0 Å². The predicted octanol–water partition coefficient (Wildman–Crippen LogP) is 2.66. The lowest BCUT2D eigenvalue weighted by Crippen LogP contribution is -2.01. The Morgan fingerprint density at radius 3 is 2.93 bits per heavy atom. The molecular formula is C12H18N2O. The lowest BCUT2D eigenvalue weighted by molar-refractivity contribution is 0.318. The van der Waals surface area contributed by atoms with E-state index in [-0.39, 0.29) is 0 Å². The molecule has 1 rings (SSSR count). The minimum atomic E-state index is 0.704. The molecule has 15 heavy (non-hydrogen) atoms. The Morgan fingerprint density at radius 1 is 1.47 bits per heavy atom. The van der Waals surface area contributed by atoms with Crippen molar-refractivity contribution in [1.29, 1.82) is 0 Å². The van der Waals surface area contributed by atoms with E-state index in [9.17, 15) is 0 Å². The summed E-state index contributed by atoms with van der Waals surface area (Å²) in [4.78, 5) is 0. The SMILES string of the molecule is C=CCNc1cc(N)cc(OCCC)c1. The summed E-state index contributed by atoms with van der Waals surface area (Å²) in [7, 11) is 0. The van der Waals surface area contributed by atoms with Gasteiger partial charge in [0.2, 0.25) is 0 Å². The first kappa shape index (κ1) is 11.4. The molecule has 1 aromatic carbocycles. The third kappa shape index (κ3) is 3.94. The van der Waals surface area contributed by atoms with Crippen molar-refractivity contribution >= 4 is 11.4 Å². The number of hydrogen-bond acceptors (Lipinski definition) is 3. The maximum atomic E-state index is 5.76. The van der Waals surface area contributed by atoms with Gasteiger partial charge in [0.1, 0.15) is 5.75 Å². The number of benzene rings is 1. The van der Waals surface area contributed by atoms with Crippen LogP contribution in [0, 0.1) is 0 Å². The van der Waals surface area contributed by atoms with E-state index in [1.165, 1.54) is 0 Å². The van der Waals surface area contributed by atoms with Gasteiger partial charge in [-0.1, -0.05) is 13.0 Å². The van der Waals surface area contributed by atoms with Crippen molar-refractivity contribution in [3.05, 3.63) is 30.9 Å². The molecule has 3 heteroatoms. The van der Waals surface area contributed by atoms with Crippen LogP contribution in [-0.2, 0) is 0 Å². The van der Waals surface area contributed by atoms with Crippen LogP contribution >= 0.6 is 0 Å². The molecule has 0 atom stereocenters. The molecule has 0 saturated heterocycles. The Hall–Kier alpha value is -1.64.